The lowest BCUT2D eigenvalue weighted by molar-refractivity contribution is 0.0969. The summed E-state index contributed by atoms with van der Waals surface area (Å²) in [4.78, 5) is 28.1. The van der Waals surface area contributed by atoms with Crippen molar-refractivity contribution in [3.05, 3.63) is 61.7 Å². The van der Waals surface area contributed by atoms with E-state index in [1.165, 1.54) is 10.8 Å². The molecule has 19 heavy (non-hydrogen) atoms. The molecule has 1 aromatic heterocycles. The van der Waals surface area contributed by atoms with Crippen molar-refractivity contribution in [2.24, 2.45) is 0 Å². The minimum Gasteiger partial charge on any atom is -0.292 e. The largest absolute Gasteiger partial charge is 0.292 e. The molecule has 1 aromatic carbocycles. The molecule has 0 N–H and O–H groups in total. The first-order valence-electron chi connectivity index (χ1n) is 5.50. The summed E-state index contributed by atoms with van der Waals surface area (Å²) < 4.78 is 1.64. The minimum absolute atomic E-state index is 0.0825. The second kappa shape index (κ2) is 5.67. The number of ketones is 1. The van der Waals surface area contributed by atoms with Crippen LogP contribution < -0.4 is 5.56 Å². The van der Waals surface area contributed by atoms with Gasteiger partial charge in [-0.1, -0.05) is 23.7 Å². The highest BCUT2D eigenvalue weighted by atomic mass is 79.9. The first-order chi connectivity index (χ1) is 9.00. The van der Waals surface area contributed by atoms with Crippen LogP contribution in [0.3, 0.4) is 0 Å². The van der Waals surface area contributed by atoms with Crippen LogP contribution in [0, 0.1) is 6.92 Å². The van der Waals surface area contributed by atoms with Crippen molar-refractivity contribution in [1.82, 2.24) is 9.55 Å². The van der Waals surface area contributed by atoms with Gasteiger partial charge in [-0.2, -0.15) is 0 Å². The highest BCUT2D eigenvalue weighted by Gasteiger charge is 2.13. The third-order valence-corrected chi connectivity index (χ3v) is 3.55. The highest BCUT2D eigenvalue weighted by Crippen LogP contribution is 2.16. The zero-order valence-corrected chi connectivity index (χ0v) is 12.4. The Kier molecular flexibility index (Phi) is 4.17. The second-order valence-electron chi connectivity index (χ2n) is 3.95. The zero-order valence-electron chi connectivity index (χ0n) is 10.1. The maximum atomic E-state index is 12.2. The molecule has 0 saturated carbocycles. The van der Waals surface area contributed by atoms with Crippen LogP contribution in [0.15, 0.2) is 39.7 Å². The quantitative estimate of drug-likeness (QED) is 0.807. The van der Waals surface area contributed by atoms with Gasteiger partial charge < -0.3 is 0 Å². The highest BCUT2D eigenvalue weighted by molar-refractivity contribution is 9.10. The Morgan fingerprint density at radius 3 is 2.79 bits per heavy atom. The lowest BCUT2D eigenvalue weighted by atomic mass is 10.1. The molecule has 2 rings (SSSR count). The number of Topliss-reactive ketones (excluding diaryl/α,β-unsaturated/α-hetero) is 1. The molecule has 0 unspecified atom stereocenters. The summed E-state index contributed by atoms with van der Waals surface area (Å²) in [7, 11) is 0. The third kappa shape index (κ3) is 2.93. The molecule has 0 aliphatic carbocycles. The van der Waals surface area contributed by atoms with Crippen LogP contribution in [0.4, 0.5) is 0 Å². The number of halogens is 2. The van der Waals surface area contributed by atoms with E-state index in [1.807, 2.05) is 0 Å². The van der Waals surface area contributed by atoms with Gasteiger partial charge in [0, 0.05) is 11.8 Å². The van der Waals surface area contributed by atoms with Crippen molar-refractivity contribution in [1.29, 1.82) is 0 Å². The van der Waals surface area contributed by atoms with Crippen LogP contribution in [0.5, 0.6) is 0 Å². The monoisotopic (exact) mass is 340 g/mol. The van der Waals surface area contributed by atoms with Gasteiger partial charge in [0.05, 0.1) is 11.6 Å². The summed E-state index contributed by atoms with van der Waals surface area (Å²) in [6.07, 6.45) is 1.42. The van der Waals surface area contributed by atoms with E-state index in [4.69, 9.17) is 11.6 Å². The Labute approximate surface area is 123 Å². The average Bonchev–Trinajstić information content (AvgIpc) is 2.39. The van der Waals surface area contributed by atoms with Gasteiger partial charge >= 0.3 is 0 Å². The smallest absolute Gasteiger partial charge is 0.268 e. The van der Waals surface area contributed by atoms with Crippen molar-refractivity contribution < 1.29 is 4.79 Å². The van der Waals surface area contributed by atoms with Crippen molar-refractivity contribution in [2.75, 3.05) is 0 Å². The van der Waals surface area contributed by atoms with Crippen molar-refractivity contribution in [3.8, 4) is 0 Å². The fourth-order valence-electron chi connectivity index (χ4n) is 1.65. The Hall–Kier alpha value is -1.46. The van der Waals surface area contributed by atoms with Crippen molar-refractivity contribution in [3.63, 3.8) is 0 Å². The average molecular weight is 342 g/mol. The number of hydrogen-bond acceptors (Lipinski definition) is 3. The van der Waals surface area contributed by atoms with Gasteiger partial charge in [-0.3, -0.25) is 14.2 Å². The summed E-state index contributed by atoms with van der Waals surface area (Å²) >= 11 is 9.07. The number of hydrogen-bond donors (Lipinski definition) is 0. The molecule has 0 radical (unpaired) electrons. The Morgan fingerprint density at radius 2 is 2.11 bits per heavy atom. The number of aromatic nitrogens is 2. The van der Waals surface area contributed by atoms with Gasteiger partial charge in [0.1, 0.15) is 10.3 Å². The van der Waals surface area contributed by atoms with Crippen molar-refractivity contribution >= 4 is 33.3 Å². The van der Waals surface area contributed by atoms with Crippen LogP contribution in [-0.4, -0.2) is 15.3 Å². The predicted molar refractivity (Wildman–Crippen MR) is 76.7 cm³/mol. The van der Waals surface area contributed by atoms with Gasteiger partial charge in [0.2, 0.25) is 0 Å². The van der Waals surface area contributed by atoms with Gasteiger partial charge in [-0.25, -0.2) is 4.98 Å². The van der Waals surface area contributed by atoms with E-state index < -0.39 is 0 Å². The summed E-state index contributed by atoms with van der Waals surface area (Å²) in [5.41, 5.74) is 0.114. The number of nitrogens with zero attached hydrogens (tertiary/aromatic N) is 2. The molecule has 0 amide bonds. The molecular weight excluding hydrogens is 332 g/mol. The van der Waals surface area contributed by atoms with Crippen LogP contribution >= 0.6 is 27.5 Å². The Morgan fingerprint density at radius 1 is 1.42 bits per heavy atom. The second-order valence-corrected chi connectivity index (χ2v) is 5.21. The Balaban J connectivity index is 2.38. The van der Waals surface area contributed by atoms with Gasteiger partial charge in [0.15, 0.2) is 5.78 Å². The normalized spacial score (nSPS) is 10.5. The topological polar surface area (TPSA) is 52.0 Å². The number of rotatable bonds is 3. The summed E-state index contributed by atoms with van der Waals surface area (Å²) in [5, 5.41) is 0.376. The molecule has 0 saturated heterocycles. The minimum atomic E-state index is -0.284. The number of benzene rings is 1. The van der Waals surface area contributed by atoms with Crippen LogP contribution in [-0.2, 0) is 6.54 Å². The molecule has 0 bridgehead atoms. The number of aryl methyl sites for hydroxylation is 1. The molecule has 2 aromatic rings. The van der Waals surface area contributed by atoms with E-state index in [2.05, 4.69) is 20.9 Å². The van der Waals surface area contributed by atoms with E-state index >= 15 is 0 Å². The van der Waals surface area contributed by atoms with E-state index in [0.29, 0.717) is 20.9 Å². The van der Waals surface area contributed by atoms with Crippen LogP contribution in [0.25, 0.3) is 0 Å². The van der Waals surface area contributed by atoms with Crippen LogP contribution in [0.1, 0.15) is 16.2 Å². The predicted octanol–water partition coefficient (Wildman–Crippen LogP) is 2.85. The summed E-state index contributed by atoms with van der Waals surface area (Å²) in [5.74, 6) is 0.254. The first kappa shape index (κ1) is 14.0. The van der Waals surface area contributed by atoms with E-state index in [9.17, 15) is 9.59 Å². The van der Waals surface area contributed by atoms with E-state index in [1.54, 1.807) is 31.2 Å². The van der Waals surface area contributed by atoms with Crippen LogP contribution in [0.2, 0.25) is 5.02 Å². The number of carbonyl (C=O) groups excluding carboxylic acids is 1. The SMILES string of the molecule is Cc1ncc(Br)c(=O)n1CC(=O)c1ccccc1Cl. The van der Waals surface area contributed by atoms with Gasteiger partial charge in [-0.05, 0) is 35.0 Å². The molecule has 0 fully saturated rings. The molecular formula is C13H10BrClN2O2. The maximum Gasteiger partial charge on any atom is 0.268 e. The lowest BCUT2D eigenvalue weighted by Crippen LogP contribution is -2.27. The molecule has 6 heteroatoms. The first-order valence-corrected chi connectivity index (χ1v) is 6.67. The molecule has 0 aliphatic heterocycles. The third-order valence-electron chi connectivity index (χ3n) is 2.68. The Bertz CT molecular complexity index is 697. The number of carbonyl (C=O) groups is 1. The molecule has 1 heterocycles. The fraction of sp³-hybridized carbons (Fsp3) is 0.154. The maximum absolute atomic E-state index is 12.2. The van der Waals surface area contributed by atoms with Gasteiger partial charge in [-0.15, -0.1) is 0 Å². The van der Waals surface area contributed by atoms with E-state index in [-0.39, 0.29) is 17.9 Å². The molecule has 0 spiro atoms. The zero-order chi connectivity index (χ0) is 14.0. The summed E-state index contributed by atoms with van der Waals surface area (Å²) in [6.45, 7) is 1.59. The molecule has 0 aliphatic rings. The molecule has 98 valence electrons. The standard InChI is InChI=1S/C13H10BrClN2O2/c1-8-16-6-10(14)13(19)17(8)7-12(18)9-4-2-3-5-11(9)15/h2-6H,7H2,1H3. The fourth-order valence-corrected chi connectivity index (χ4v) is 2.21. The molecule has 4 nitrogen and oxygen atoms in total. The van der Waals surface area contributed by atoms with E-state index in [0.717, 1.165) is 0 Å². The van der Waals surface area contributed by atoms with Crippen molar-refractivity contribution in [2.45, 2.75) is 13.5 Å². The molecule has 0 atom stereocenters. The lowest BCUT2D eigenvalue weighted by Gasteiger charge is -2.09. The summed E-state index contributed by atoms with van der Waals surface area (Å²) in [6, 6.07) is 6.76. The van der Waals surface area contributed by atoms with Gasteiger partial charge in [0.25, 0.3) is 5.56 Å².